The van der Waals surface area contributed by atoms with Crippen LogP contribution in [0.4, 0.5) is 0 Å². The monoisotopic (exact) mass is 432 g/mol. The van der Waals surface area contributed by atoms with Crippen LogP contribution in [0.2, 0.25) is 0 Å². The van der Waals surface area contributed by atoms with Gasteiger partial charge >= 0.3 is 11.9 Å². The van der Waals surface area contributed by atoms with Crippen LogP contribution < -0.4 is 0 Å². The van der Waals surface area contributed by atoms with E-state index in [9.17, 15) is 22.8 Å². The Hall–Kier alpha value is -1.98. The maximum Gasteiger partial charge on any atom is 0.348 e. The van der Waals surface area contributed by atoms with Crippen molar-refractivity contribution in [3.05, 3.63) is 16.0 Å². The van der Waals surface area contributed by atoms with Crippen molar-refractivity contribution in [2.24, 2.45) is 5.92 Å². The second-order valence-electron chi connectivity index (χ2n) is 6.59. The smallest absolute Gasteiger partial charge is 0.348 e. The molecule has 9 nitrogen and oxygen atoms in total. The minimum absolute atomic E-state index is 0.0350. The van der Waals surface area contributed by atoms with Gasteiger partial charge in [0, 0.05) is 32.1 Å². The molecule has 28 heavy (non-hydrogen) atoms. The molecule has 0 radical (unpaired) electrons. The molecule has 1 aromatic rings. The summed E-state index contributed by atoms with van der Waals surface area (Å²) < 4.78 is 36.8. The highest BCUT2D eigenvalue weighted by molar-refractivity contribution is 7.91. The maximum absolute atomic E-state index is 13.2. The number of carbonyl (C=O) groups is 3. The summed E-state index contributed by atoms with van der Waals surface area (Å²) in [5, 5.41) is 0. The highest BCUT2D eigenvalue weighted by atomic mass is 32.2. The predicted octanol–water partition coefficient (Wildman–Crippen LogP) is 1.12. The lowest BCUT2D eigenvalue weighted by atomic mass is 10.2. The molecule has 0 aromatic carbocycles. The van der Waals surface area contributed by atoms with E-state index < -0.39 is 22.0 Å². The molecule has 0 aliphatic carbocycles. The summed E-state index contributed by atoms with van der Waals surface area (Å²) in [6.45, 7) is 5.79. The Morgan fingerprint density at radius 1 is 1.00 bits per heavy atom. The molecule has 0 spiro atoms. The Kier molecular flexibility index (Phi) is 6.84. The van der Waals surface area contributed by atoms with Gasteiger partial charge in [-0.2, -0.15) is 4.31 Å². The molecule has 1 saturated heterocycles. The quantitative estimate of drug-likeness (QED) is 0.641. The number of amides is 1. The molecule has 0 saturated carbocycles. The van der Waals surface area contributed by atoms with Crippen molar-refractivity contribution >= 4 is 39.2 Å². The van der Waals surface area contributed by atoms with Crippen LogP contribution in [0.5, 0.6) is 0 Å². The lowest BCUT2D eigenvalue weighted by molar-refractivity contribution is -0.135. The van der Waals surface area contributed by atoms with E-state index in [2.05, 4.69) is 4.74 Å². The molecule has 1 aromatic heterocycles. The van der Waals surface area contributed by atoms with Crippen LogP contribution >= 0.6 is 11.3 Å². The average molecular weight is 433 g/mol. The fourth-order valence-corrected chi connectivity index (χ4v) is 6.23. The zero-order valence-electron chi connectivity index (χ0n) is 16.5. The summed E-state index contributed by atoms with van der Waals surface area (Å²) >= 11 is 0.690. The van der Waals surface area contributed by atoms with Crippen molar-refractivity contribution in [1.82, 2.24) is 9.21 Å². The standard InChI is InChI=1S/C17H24N2O7S2/c1-10(2)14(20)18-6-8-19(9-7-18)28(23,24)17-12(15(21)25-4)11(3)13(27-17)16(22)26-5/h10H,6-9H2,1-5H3. The first-order valence-corrected chi connectivity index (χ1v) is 10.9. The molecule has 11 heteroatoms. The molecule has 0 bridgehead atoms. The van der Waals surface area contributed by atoms with Crippen LogP contribution in [0, 0.1) is 12.8 Å². The number of methoxy groups -OCH3 is 2. The molecule has 0 unspecified atom stereocenters. The summed E-state index contributed by atoms with van der Waals surface area (Å²) in [5.41, 5.74) is 0.0458. The number of piperazine rings is 1. The molecule has 0 N–H and O–H groups in total. The zero-order valence-corrected chi connectivity index (χ0v) is 18.1. The van der Waals surface area contributed by atoms with Gasteiger partial charge < -0.3 is 14.4 Å². The third-order valence-electron chi connectivity index (χ3n) is 4.49. The molecule has 156 valence electrons. The number of nitrogens with zero attached hydrogens (tertiary/aromatic N) is 2. The van der Waals surface area contributed by atoms with Gasteiger partial charge in [-0.1, -0.05) is 13.8 Å². The van der Waals surface area contributed by atoms with Gasteiger partial charge in [0.05, 0.1) is 19.8 Å². The Labute approximate surface area is 168 Å². The number of thiophene rings is 1. The van der Waals surface area contributed by atoms with Crippen molar-refractivity contribution in [1.29, 1.82) is 0 Å². The van der Waals surface area contributed by atoms with E-state index in [1.165, 1.54) is 18.3 Å². The van der Waals surface area contributed by atoms with Gasteiger partial charge in [-0.15, -0.1) is 11.3 Å². The lowest BCUT2D eigenvalue weighted by Gasteiger charge is -2.34. The third kappa shape index (κ3) is 4.06. The van der Waals surface area contributed by atoms with Crippen LogP contribution in [0.1, 0.15) is 39.4 Å². The van der Waals surface area contributed by atoms with Gasteiger partial charge in [0.1, 0.15) is 4.88 Å². The van der Waals surface area contributed by atoms with Gasteiger partial charge in [-0.05, 0) is 12.5 Å². The Morgan fingerprint density at radius 2 is 1.54 bits per heavy atom. The number of hydrogen-bond acceptors (Lipinski definition) is 8. The van der Waals surface area contributed by atoms with Crippen LogP contribution in [0.25, 0.3) is 0 Å². The fraction of sp³-hybridized carbons (Fsp3) is 0.588. The van der Waals surface area contributed by atoms with Crippen molar-refractivity contribution in [2.45, 2.75) is 25.0 Å². The first-order valence-electron chi connectivity index (χ1n) is 8.65. The number of sulfonamides is 1. The number of carbonyl (C=O) groups excluding carboxylic acids is 3. The van der Waals surface area contributed by atoms with Crippen LogP contribution in [0.3, 0.4) is 0 Å². The van der Waals surface area contributed by atoms with Crippen molar-refractivity contribution < 1.29 is 32.3 Å². The molecular weight excluding hydrogens is 408 g/mol. The van der Waals surface area contributed by atoms with Crippen molar-refractivity contribution in [3.8, 4) is 0 Å². The number of rotatable bonds is 5. The summed E-state index contributed by atoms with van der Waals surface area (Å²) in [6.07, 6.45) is 0. The third-order valence-corrected chi connectivity index (χ3v) is 8.16. The summed E-state index contributed by atoms with van der Waals surface area (Å²) in [6, 6.07) is 0. The summed E-state index contributed by atoms with van der Waals surface area (Å²) in [4.78, 5) is 38.0. The van der Waals surface area contributed by atoms with Crippen molar-refractivity contribution in [3.63, 3.8) is 0 Å². The predicted molar refractivity (Wildman–Crippen MR) is 102 cm³/mol. The minimum atomic E-state index is -4.06. The van der Waals surface area contributed by atoms with Crippen LogP contribution in [-0.2, 0) is 24.3 Å². The van der Waals surface area contributed by atoms with Gasteiger partial charge in [0.2, 0.25) is 5.91 Å². The molecule has 2 rings (SSSR count). The van der Waals surface area contributed by atoms with Crippen LogP contribution in [0.15, 0.2) is 4.21 Å². The first-order chi connectivity index (χ1) is 13.1. The van der Waals surface area contributed by atoms with E-state index in [4.69, 9.17) is 4.74 Å². The number of ether oxygens (including phenoxy) is 2. The number of esters is 2. The van der Waals surface area contributed by atoms with Gasteiger partial charge in [-0.3, -0.25) is 4.79 Å². The first kappa shape index (κ1) is 22.3. The molecule has 1 amide bonds. The van der Waals surface area contributed by atoms with E-state index in [1.54, 1.807) is 18.7 Å². The second-order valence-corrected chi connectivity index (χ2v) is 9.74. The largest absolute Gasteiger partial charge is 0.465 e. The molecular formula is C17H24N2O7S2. The highest BCUT2D eigenvalue weighted by Gasteiger charge is 2.38. The summed E-state index contributed by atoms with van der Waals surface area (Å²) in [7, 11) is -1.73. The normalized spacial score (nSPS) is 15.6. The van der Waals surface area contributed by atoms with E-state index in [0.29, 0.717) is 11.3 Å². The maximum atomic E-state index is 13.2. The second kappa shape index (κ2) is 8.58. The lowest BCUT2D eigenvalue weighted by Crippen LogP contribution is -2.51. The highest BCUT2D eigenvalue weighted by Crippen LogP contribution is 2.35. The van der Waals surface area contributed by atoms with Gasteiger partial charge in [-0.25, -0.2) is 18.0 Å². The van der Waals surface area contributed by atoms with Crippen molar-refractivity contribution in [2.75, 3.05) is 40.4 Å². The summed E-state index contributed by atoms with van der Waals surface area (Å²) in [5.74, 6) is -1.76. The SMILES string of the molecule is COC(=O)c1sc(S(=O)(=O)N2CCN(C(=O)C(C)C)CC2)c(C(=O)OC)c1C. The van der Waals surface area contributed by atoms with E-state index in [-0.39, 0.29) is 58.2 Å². The van der Waals surface area contributed by atoms with E-state index >= 15 is 0 Å². The Bertz CT molecular complexity index is 882. The van der Waals surface area contributed by atoms with E-state index in [0.717, 1.165) is 7.11 Å². The molecule has 1 aliphatic heterocycles. The Morgan fingerprint density at radius 3 is 2.00 bits per heavy atom. The van der Waals surface area contributed by atoms with Gasteiger partial charge in [0.25, 0.3) is 10.0 Å². The number of hydrogen-bond donors (Lipinski definition) is 0. The van der Waals surface area contributed by atoms with Crippen LogP contribution in [-0.4, -0.2) is 75.9 Å². The molecule has 1 fully saturated rings. The molecule has 2 heterocycles. The Balaban J connectivity index is 2.39. The average Bonchev–Trinajstić information content (AvgIpc) is 3.04. The molecule has 0 atom stereocenters. The minimum Gasteiger partial charge on any atom is -0.465 e. The van der Waals surface area contributed by atoms with E-state index in [1.807, 2.05) is 0 Å². The fourth-order valence-electron chi connectivity index (χ4n) is 2.93. The topological polar surface area (TPSA) is 110 Å². The molecule has 1 aliphatic rings. The zero-order chi connectivity index (χ0) is 21.2. The van der Waals surface area contributed by atoms with Gasteiger partial charge in [0.15, 0.2) is 4.21 Å².